The highest BCUT2D eigenvalue weighted by atomic mass is 32.2. The maximum atomic E-state index is 13.3. The van der Waals surface area contributed by atoms with Crippen molar-refractivity contribution in [1.29, 1.82) is 0 Å². The van der Waals surface area contributed by atoms with E-state index in [0.29, 0.717) is 12.1 Å². The predicted octanol–water partition coefficient (Wildman–Crippen LogP) is 3.44. The molecule has 0 aliphatic heterocycles. The molecule has 0 amide bonds. The average Bonchev–Trinajstić information content (AvgIpc) is 2.20. The molecule has 4 heteroatoms. The fourth-order valence-electron chi connectivity index (χ4n) is 1.18. The largest absolute Gasteiger partial charge is 0.382 e. The highest BCUT2D eigenvalue weighted by molar-refractivity contribution is 7.99. The average molecular weight is 231 g/mol. The van der Waals surface area contributed by atoms with Crippen molar-refractivity contribution in [3.05, 3.63) is 29.3 Å². The van der Waals surface area contributed by atoms with Crippen LogP contribution in [0.15, 0.2) is 12.1 Å². The zero-order chi connectivity index (χ0) is 11.3. The predicted molar refractivity (Wildman–Crippen MR) is 62.6 cm³/mol. The number of aryl methyl sites for hydroxylation is 1. The van der Waals surface area contributed by atoms with Gasteiger partial charge in [-0.3, -0.25) is 0 Å². The van der Waals surface area contributed by atoms with E-state index in [1.165, 1.54) is 12.1 Å². The molecule has 1 nitrogen and oxygen atoms in total. The van der Waals surface area contributed by atoms with E-state index in [9.17, 15) is 8.78 Å². The van der Waals surface area contributed by atoms with E-state index >= 15 is 0 Å². The summed E-state index contributed by atoms with van der Waals surface area (Å²) in [7, 11) is 0. The Labute approximate surface area is 93.3 Å². The van der Waals surface area contributed by atoms with Gasteiger partial charge >= 0.3 is 0 Å². The molecule has 84 valence electrons. The van der Waals surface area contributed by atoms with Gasteiger partial charge in [0, 0.05) is 18.4 Å². The van der Waals surface area contributed by atoms with Crippen molar-refractivity contribution in [2.45, 2.75) is 13.8 Å². The van der Waals surface area contributed by atoms with Crippen molar-refractivity contribution in [1.82, 2.24) is 0 Å². The van der Waals surface area contributed by atoms with E-state index in [-0.39, 0.29) is 11.5 Å². The second-order valence-electron chi connectivity index (χ2n) is 3.20. The molecule has 0 saturated carbocycles. The van der Waals surface area contributed by atoms with Crippen LogP contribution in [0.1, 0.15) is 12.5 Å². The minimum absolute atomic E-state index is 0.245. The SMILES string of the molecule is CCSCCNc1cc(F)c(C)cc1F. The fourth-order valence-corrected chi connectivity index (χ4v) is 1.72. The number of rotatable bonds is 5. The minimum Gasteiger partial charge on any atom is -0.382 e. The smallest absolute Gasteiger partial charge is 0.146 e. The Kier molecular flexibility index (Phi) is 4.88. The lowest BCUT2D eigenvalue weighted by Crippen LogP contribution is -2.06. The molecule has 0 atom stereocenters. The third-order valence-corrected chi connectivity index (χ3v) is 2.92. The maximum Gasteiger partial charge on any atom is 0.146 e. The second kappa shape index (κ2) is 5.95. The summed E-state index contributed by atoms with van der Waals surface area (Å²) in [5, 5.41) is 2.88. The third-order valence-electron chi connectivity index (χ3n) is 2.01. The van der Waals surface area contributed by atoms with Crippen molar-refractivity contribution in [2.75, 3.05) is 23.4 Å². The van der Waals surface area contributed by atoms with Crippen LogP contribution < -0.4 is 5.32 Å². The van der Waals surface area contributed by atoms with Crippen LogP contribution in [0.5, 0.6) is 0 Å². The number of hydrogen-bond acceptors (Lipinski definition) is 2. The summed E-state index contributed by atoms with van der Waals surface area (Å²) in [5.41, 5.74) is 0.579. The molecular weight excluding hydrogens is 216 g/mol. The van der Waals surface area contributed by atoms with Gasteiger partial charge in [-0.15, -0.1) is 0 Å². The first-order chi connectivity index (χ1) is 7.15. The Balaban J connectivity index is 2.57. The number of hydrogen-bond donors (Lipinski definition) is 1. The van der Waals surface area contributed by atoms with E-state index < -0.39 is 5.82 Å². The van der Waals surface area contributed by atoms with Crippen LogP contribution in [-0.2, 0) is 0 Å². The fraction of sp³-hybridized carbons (Fsp3) is 0.455. The summed E-state index contributed by atoms with van der Waals surface area (Å²) in [5.74, 6) is 1.16. The molecule has 0 aliphatic carbocycles. The van der Waals surface area contributed by atoms with E-state index in [1.807, 2.05) is 0 Å². The standard InChI is InChI=1S/C11H15F2NS/c1-3-15-5-4-14-11-7-9(12)8(2)6-10(11)13/h6-7,14H,3-5H2,1-2H3. The van der Waals surface area contributed by atoms with Gasteiger partial charge in [-0.1, -0.05) is 6.92 Å². The topological polar surface area (TPSA) is 12.0 Å². The monoisotopic (exact) mass is 231 g/mol. The first-order valence-electron chi connectivity index (χ1n) is 4.92. The number of nitrogens with one attached hydrogen (secondary N) is 1. The van der Waals surface area contributed by atoms with Gasteiger partial charge in [0.05, 0.1) is 5.69 Å². The third kappa shape index (κ3) is 3.70. The number of benzene rings is 1. The first kappa shape index (κ1) is 12.3. The summed E-state index contributed by atoms with van der Waals surface area (Å²) in [6.45, 7) is 4.27. The molecule has 0 bridgehead atoms. The van der Waals surface area contributed by atoms with Gasteiger partial charge in [0.2, 0.25) is 0 Å². The summed E-state index contributed by atoms with van der Waals surface area (Å²) in [4.78, 5) is 0. The van der Waals surface area contributed by atoms with Gasteiger partial charge in [0.25, 0.3) is 0 Å². The van der Waals surface area contributed by atoms with E-state index in [2.05, 4.69) is 12.2 Å². The van der Waals surface area contributed by atoms with Crippen molar-refractivity contribution < 1.29 is 8.78 Å². The first-order valence-corrected chi connectivity index (χ1v) is 6.08. The Hall–Kier alpha value is -0.770. The second-order valence-corrected chi connectivity index (χ2v) is 4.60. The normalized spacial score (nSPS) is 10.4. The van der Waals surface area contributed by atoms with Crippen LogP contribution >= 0.6 is 11.8 Å². The van der Waals surface area contributed by atoms with Gasteiger partial charge in [-0.25, -0.2) is 8.78 Å². The quantitative estimate of drug-likeness (QED) is 0.779. The van der Waals surface area contributed by atoms with Gasteiger partial charge in [-0.2, -0.15) is 11.8 Å². The Morgan fingerprint density at radius 3 is 2.67 bits per heavy atom. The van der Waals surface area contributed by atoms with Crippen LogP contribution in [0.3, 0.4) is 0 Å². The highest BCUT2D eigenvalue weighted by Gasteiger charge is 2.06. The molecule has 0 fully saturated rings. The van der Waals surface area contributed by atoms with E-state index in [4.69, 9.17) is 0 Å². The van der Waals surface area contributed by atoms with Crippen molar-refractivity contribution >= 4 is 17.4 Å². The zero-order valence-electron chi connectivity index (χ0n) is 8.94. The van der Waals surface area contributed by atoms with Crippen molar-refractivity contribution in [3.8, 4) is 0 Å². The molecular formula is C11H15F2NS. The molecule has 0 heterocycles. The lowest BCUT2D eigenvalue weighted by Gasteiger charge is -2.08. The van der Waals surface area contributed by atoms with Crippen LogP contribution in [0.2, 0.25) is 0 Å². The van der Waals surface area contributed by atoms with Gasteiger partial charge in [0.1, 0.15) is 11.6 Å². The summed E-state index contributed by atoms with van der Waals surface area (Å²) in [6.07, 6.45) is 0. The zero-order valence-corrected chi connectivity index (χ0v) is 9.76. The molecule has 1 rings (SSSR count). The molecule has 1 N–H and O–H groups in total. The van der Waals surface area contributed by atoms with E-state index in [1.54, 1.807) is 18.7 Å². The molecule has 0 unspecified atom stereocenters. The number of thioether (sulfide) groups is 1. The lowest BCUT2D eigenvalue weighted by atomic mass is 10.2. The van der Waals surface area contributed by atoms with Crippen LogP contribution in [-0.4, -0.2) is 18.1 Å². The molecule has 1 aromatic rings. The number of halogens is 2. The molecule has 0 saturated heterocycles. The molecule has 0 spiro atoms. The van der Waals surface area contributed by atoms with Crippen molar-refractivity contribution in [2.24, 2.45) is 0 Å². The maximum absolute atomic E-state index is 13.3. The number of anilines is 1. The Morgan fingerprint density at radius 1 is 1.27 bits per heavy atom. The Morgan fingerprint density at radius 2 is 2.00 bits per heavy atom. The van der Waals surface area contributed by atoms with Crippen LogP contribution in [0.25, 0.3) is 0 Å². The summed E-state index contributed by atoms with van der Waals surface area (Å²) in [6, 6.07) is 2.42. The molecule has 15 heavy (non-hydrogen) atoms. The van der Waals surface area contributed by atoms with Crippen LogP contribution in [0, 0.1) is 18.6 Å². The molecule has 1 aromatic carbocycles. The summed E-state index contributed by atoms with van der Waals surface area (Å²) >= 11 is 1.76. The van der Waals surface area contributed by atoms with Gasteiger partial charge in [0.15, 0.2) is 0 Å². The molecule has 0 aliphatic rings. The lowest BCUT2D eigenvalue weighted by molar-refractivity contribution is 0.595. The van der Waals surface area contributed by atoms with Gasteiger partial charge < -0.3 is 5.32 Å². The van der Waals surface area contributed by atoms with Gasteiger partial charge in [-0.05, 0) is 24.3 Å². The molecule has 0 aromatic heterocycles. The van der Waals surface area contributed by atoms with Crippen molar-refractivity contribution in [3.63, 3.8) is 0 Å². The van der Waals surface area contributed by atoms with Crippen LogP contribution in [0.4, 0.5) is 14.5 Å². The van der Waals surface area contributed by atoms with E-state index in [0.717, 1.165) is 11.5 Å². The highest BCUT2D eigenvalue weighted by Crippen LogP contribution is 2.18. The Bertz CT molecular complexity index is 329. The minimum atomic E-state index is -0.393. The summed E-state index contributed by atoms with van der Waals surface area (Å²) < 4.78 is 26.4. The molecule has 0 radical (unpaired) electrons.